The summed E-state index contributed by atoms with van der Waals surface area (Å²) in [6.45, 7) is 10.1. The molecule has 6 heteroatoms. The molecule has 0 amide bonds. The minimum atomic E-state index is 0. The Hall–Kier alpha value is -0.0800. The minimum Gasteiger partial charge on any atom is -0.384 e. The monoisotopic (exact) mass is 438 g/mol. The number of guanidine groups is 1. The summed E-state index contributed by atoms with van der Waals surface area (Å²) in [6.07, 6.45) is 5.36. The summed E-state index contributed by atoms with van der Waals surface area (Å²) in [5.41, 5.74) is 0. The molecular formula is C17H35IN4O. The zero-order valence-corrected chi connectivity index (χ0v) is 17.4. The smallest absolute Gasteiger partial charge is 0.193 e. The van der Waals surface area contributed by atoms with Crippen LogP contribution in [0.2, 0.25) is 0 Å². The van der Waals surface area contributed by atoms with E-state index in [1.807, 2.05) is 7.05 Å². The third-order valence-corrected chi connectivity index (χ3v) is 4.83. The minimum absolute atomic E-state index is 0. The van der Waals surface area contributed by atoms with E-state index in [0.29, 0.717) is 11.8 Å². The number of methoxy groups -OCH3 is 1. The number of hydrogen-bond donors (Lipinski definition) is 1. The lowest BCUT2D eigenvalue weighted by molar-refractivity contribution is 0.157. The summed E-state index contributed by atoms with van der Waals surface area (Å²) in [7, 11) is 3.68. The molecule has 0 saturated carbocycles. The Morgan fingerprint density at radius 3 is 2.65 bits per heavy atom. The highest BCUT2D eigenvalue weighted by Crippen LogP contribution is 2.16. The van der Waals surface area contributed by atoms with Crippen molar-refractivity contribution in [3.63, 3.8) is 0 Å². The van der Waals surface area contributed by atoms with Crippen LogP contribution in [0.1, 0.15) is 32.6 Å². The lowest BCUT2D eigenvalue weighted by Gasteiger charge is -2.30. The van der Waals surface area contributed by atoms with Gasteiger partial charge in [0.2, 0.25) is 0 Å². The van der Waals surface area contributed by atoms with Crippen LogP contribution in [0.3, 0.4) is 0 Å². The Bertz CT molecular complexity index is 347. The Kier molecular flexibility index (Phi) is 10.5. The van der Waals surface area contributed by atoms with Crippen LogP contribution >= 0.6 is 24.0 Å². The van der Waals surface area contributed by atoms with Crippen LogP contribution in [0.5, 0.6) is 0 Å². The summed E-state index contributed by atoms with van der Waals surface area (Å²) >= 11 is 0. The van der Waals surface area contributed by atoms with E-state index >= 15 is 0 Å². The van der Waals surface area contributed by atoms with Gasteiger partial charge in [0.15, 0.2) is 5.96 Å². The first kappa shape index (κ1) is 21.0. The molecule has 0 aromatic carbocycles. The molecule has 2 saturated heterocycles. The molecule has 23 heavy (non-hydrogen) atoms. The van der Waals surface area contributed by atoms with Gasteiger partial charge in [0, 0.05) is 46.3 Å². The maximum Gasteiger partial charge on any atom is 0.193 e. The van der Waals surface area contributed by atoms with E-state index in [-0.39, 0.29) is 24.0 Å². The number of nitrogens with one attached hydrogen (secondary N) is 1. The zero-order valence-electron chi connectivity index (χ0n) is 15.1. The molecule has 0 radical (unpaired) electrons. The fourth-order valence-electron chi connectivity index (χ4n) is 3.64. The lowest BCUT2D eigenvalue weighted by atomic mass is 10.1. The second-order valence-corrected chi connectivity index (χ2v) is 6.95. The van der Waals surface area contributed by atoms with Crippen molar-refractivity contribution < 1.29 is 4.74 Å². The number of nitrogens with zero attached hydrogens (tertiary/aromatic N) is 3. The molecule has 0 aromatic rings. The number of rotatable bonds is 6. The van der Waals surface area contributed by atoms with Gasteiger partial charge in [-0.3, -0.25) is 4.99 Å². The van der Waals surface area contributed by atoms with Gasteiger partial charge in [0.1, 0.15) is 0 Å². The number of piperidine rings is 1. The van der Waals surface area contributed by atoms with Crippen LogP contribution in [0.4, 0.5) is 0 Å². The number of likely N-dealkylation sites (tertiary alicyclic amines) is 2. The predicted octanol–water partition coefficient (Wildman–Crippen LogP) is 2.27. The van der Waals surface area contributed by atoms with Gasteiger partial charge in [0.05, 0.1) is 6.61 Å². The average molecular weight is 438 g/mol. The van der Waals surface area contributed by atoms with Crippen molar-refractivity contribution in [2.45, 2.75) is 32.6 Å². The van der Waals surface area contributed by atoms with E-state index in [1.165, 1.54) is 45.3 Å². The molecule has 5 nitrogen and oxygen atoms in total. The first-order valence-electron chi connectivity index (χ1n) is 8.89. The topological polar surface area (TPSA) is 40.1 Å². The zero-order chi connectivity index (χ0) is 15.8. The average Bonchev–Trinajstić information content (AvgIpc) is 2.98. The number of halogens is 1. The van der Waals surface area contributed by atoms with Crippen molar-refractivity contribution in [3.05, 3.63) is 0 Å². The Morgan fingerprint density at radius 1 is 1.26 bits per heavy atom. The molecule has 2 aliphatic heterocycles. The van der Waals surface area contributed by atoms with E-state index in [1.54, 1.807) is 7.11 Å². The fourth-order valence-corrected chi connectivity index (χ4v) is 3.64. The first-order chi connectivity index (χ1) is 10.7. The molecule has 2 heterocycles. The molecule has 2 fully saturated rings. The van der Waals surface area contributed by atoms with Crippen LogP contribution in [0.25, 0.3) is 0 Å². The normalized spacial score (nSPS) is 24.4. The molecular weight excluding hydrogens is 403 g/mol. The van der Waals surface area contributed by atoms with Gasteiger partial charge in [-0.2, -0.15) is 0 Å². The van der Waals surface area contributed by atoms with Crippen molar-refractivity contribution in [1.29, 1.82) is 0 Å². The van der Waals surface area contributed by atoms with E-state index in [0.717, 1.165) is 32.2 Å². The largest absolute Gasteiger partial charge is 0.384 e. The van der Waals surface area contributed by atoms with Crippen LogP contribution in [-0.4, -0.2) is 75.8 Å². The van der Waals surface area contributed by atoms with Gasteiger partial charge >= 0.3 is 0 Å². The van der Waals surface area contributed by atoms with Crippen molar-refractivity contribution in [1.82, 2.24) is 15.1 Å². The van der Waals surface area contributed by atoms with Crippen LogP contribution < -0.4 is 5.32 Å². The fraction of sp³-hybridized carbons (Fsp3) is 0.941. The summed E-state index contributed by atoms with van der Waals surface area (Å²) in [4.78, 5) is 9.45. The molecule has 0 aliphatic carbocycles. The maximum atomic E-state index is 5.28. The number of ether oxygens (including phenoxy) is 1. The number of aliphatic imine (C=N–C) groups is 1. The highest BCUT2D eigenvalue weighted by atomic mass is 127. The van der Waals surface area contributed by atoms with Crippen molar-refractivity contribution in [3.8, 4) is 0 Å². The van der Waals surface area contributed by atoms with Crippen LogP contribution in [0.15, 0.2) is 4.99 Å². The molecule has 0 bridgehead atoms. The molecule has 136 valence electrons. The van der Waals surface area contributed by atoms with E-state index in [2.05, 4.69) is 27.0 Å². The van der Waals surface area contributed by atoms with Gasteiger partial charge in [-0.05, 0) is 38.3 Å². The summed E-state index contributed by atoms with van der Waals surface area (Å²) in [5, 5.41) is 3.57. The standard InChI is InChI=1S/C17H34N4O.HI/c1-15(12-20-8-5-4-6-9-20)11-19-17(18-2)21-10-7-16(13-21)14-22-3;/h15-16H,4-14H2,1-3H3,(H,18,19);1H. The summed E-state index contributed by atoms with van der Waals surface area (Å²) in [5.74, 6) is 2.37. The molecule has 2 atom stereocenters. The lowest BCUT2D eigenvalue weighted by Crippen LogP contribution is -2.44. The van der Waals surface area contributed by atoms with Gasteiger partial charge in [-0.25, -0.2) is 0 Å². The van der Waals surface area contributed by atoms with Gasteiger partial charge in [-0.15, -0.1) is 24.0 Å². The Balaban J connectivity index is 0.00000264. The second-order valence-electron chi connectivity index (χ2n) is 6.95. The predicted molar refractivity (Wildman–Crippen MR) is 108 cm³/mol. The third kappa shape index (κ3) is 7.13. The SMILES string of the molecule is CN=C(NCC(C)CN1CCCCC1)N1CCC(COC)C1.I. The summed E-state index contributed by atoms with van der Waals surface area (Å²) in [6, 6.07) is 0. The van der Waals surface area contributed by atoms with E-state index in [9.17, 15) is 0 Å². The molecule has 2 unspecified atom stereocenters. The van der Waals surface area contributed by atoms with Gasteiger partial charge in [-0.1, -0.05) is 13.3 Å². The van der Waals surface area contributed by atoms with Crippen molar-refractivity contribution in [2.24, 2.45) is 16.8 Å². The Labute approximate surface area is 159 Å². The van der Waals surface area contributed by atoms with Crippen LogP contribution in [0, 0.1) is 11.8 Å². The molecule has 2 aliphatic rings. The molecule has 1 N–H and O–H groups in total. The second kappa shape index (κ2) is 11.5. The van der Waals surface area contributed by atoms with Gasteiger partial charge in [0.25, 0.3) is 0 Å². The molecule has 0 spiro atoms. The van der Waals surface area contributed by atoms with E-state index in [4.69, 9.17) is 4.74 Å². The highest BCUT2D eigenvalue weighted by Gasteiger charge is 2.25. The molecule has 0 aromatic heterocycles. The van der Waals surface area contributed by atoms with Crippen molar-refractivity contribution >= 4 is 29.9 Å². The quantitative estimate of drug-likeness (QED) is 0.393. The first-order valence-corrected chi connectivity index (χ1v) is 8.89. The summed E-state index contributed by atoms with van der Waals surface area (Å²) < 4.78 is 5.28. The van der Waals surface area contributed by atoms with Gasteiger partial charge < -0.3 is 19.9 Å². The van der Waals surface area contributed by atoms with E-state index < -0.39 is 0 Å². The third-order valence-electron chi connectivity index (χ3n) is 4.83. The van der Waals surface area contributed by atoms with Crippen LogP contribution in [-0.2, 0) is 4.74 Å². The maximum absolute atomic E-state index is 5.28. The number of hydrogen-bond acceptors (Lipinski definition) is 3. The molecule has 2 rings (SSSR count). The highest BCUT2D eigenvalue weighted by molar-refractivity contribution is 14.0. The van der Waals surface area contributed by atoms with Crippen molar-refractivity contribution in [2.75, 3.05) is 60.0 Å². The Morgan fingerprint density at radius 2 is 2.00 bits per heavy atom.